The second-order valence-corrected chi connectivity index (χ2v) is 7.87. The Morgan fingerprint density at radius 2 is 2.00 bits per heavy atom. The number of amides is 1. The Hall–Kier alpha value is -3.94. The van der Waals surface area contributed by atoms with Gasteiger partial charge < -0.3 is 18.8 Å². The normalized spacial score (nSPS) is 11.5. The van der Waals surface area contributed by atoms with Crippen molar-refractivity contribution in [3.8, 4) is 11.3 Å². The highest BCUT2D eigenvalue weighted by molar-refractivity contribution is 6.07. The van der Waals surface area contributed by atoms with Gasteiger partial charge >= 0.3 is 0 Å². The fraction of sp³-hybridized carbons (Fsp3) is 0.250. The summed E-state index contributed by atoms with van der Waals surface area (Å²) in [5, 5.41) is 7.66. The third-order valence-electron chi connectivity index (χ3n) is 5.57. The highest BCUT2D eigenvalue weighted by Gasteiger charge is 2.20. The number of fused-ring (bicyclic) bond motifs is 2. The Kier molecular flexibility index (Phi) is 4.97. The van der Waals surface area contributed by atoms with Crippen LogP contribution in [0.1, 0.15) is 34.0 Å². The third kappa shape index (κ3) is 3.53. The number of nitrogens with zero attached hydrogens (tertiary/aromatic N) is 4. The molecule has 1 amide bonds. The monoisotopic (exact) mass is 429 g/mol. The zero-order valence-corrected chi connectivity index (χ0v) is 18.2. The first kappa shape index (κ1) is 20.0. The van der Waals surface area contributed by atoms with E-state index in [-0.39, 0.29) is 5.91 Å². The fourth-order valence-electron chi connectivity index (χ4n) is 4.03. The first-order valence-corrected chi connectivity index (χ1v) is 10.5. The molecule has 0 aliphatic carbocycles. The van der Waals surface area contributed by atoms with Gasteiger partial charge in [-0.1, -0.05) is 17.3 Å². The van der Waals surface area contributed by atoms with Gasteiger partial charge in [-0.3, -0.25) is 4.79 Å². The Balaban J connectivity index is 1.35. The van der Waals surface area contributed by atoms with E-state index >= 15 is 0 Å². The summed E-state index contributed by atoms with van der Waals surface area (Å²) in [5.41, 5.74) is 4.98. The zero-order valence-electron chi connectivity index (χ0n) is 18.2. The molecule has 0 saturated heterocycles. The predicted molar refractivity (Wildman–Crippen MR) is 120 cm³/mol. The van der Waals surface area contributed by atoms with Crippen molar-refractivity contribution in [3.63, 3.8) is 0 Å². The molecule has 4 heterocycles. The number of aryl methyl sites for hydroxylation is 4. The number of aromatic nitrogens is 4. The van der Waals surface area contributed by atoms with E-state index in [1.165, 1.54) is 0 Å². The molecule has 0 aliphatic rings. The summed E-state index contributed by atoms with van der Waals surface area (Å²) >= 11 is 0. The highest BCUT2D eigenvalue weighted by atomic mass is 16.5. The van der Waals surface area contributed by atoms with Crippen molar-refractivity contribution in [1.29, 1.82) is 0 Å². The summed E-state index contributed by atoms with van der Waals surface area (Å²) in [7, 11) is 0. The van der Waals surface area contributed by atoms with Gasteiger partial charge in [0.15, 0.2) is 0 Å². The molecule has 0 radical (unpaired) electrons. The Morgan fingerprint density at radius 1 is 1.16 bits per heavy atom. The van der Waals surface area contributed by atoms with E-state index < -0.39 is 0 Å². The molecule has 5 aromatic rings. The van der Waals surface area contributed by atoms with Crippen molar-refractivity contribution in [1.82, 2.24) is 25.0 Å². The minimum absolute atomic E-state index is 0.182. The zero-order chi connectivity index (χ0) is 22.2. The minimum atomic E-state index is -0.182. The molecular formula is C24H23N5O3. The molecule has 8 heteroatoms. The second kappa shape index (κ2) is 7.96. The largest absolute Gasteiger partial charge is 0.466 e. The van der Waals surface area contributed by atoms with Crippen LogP contribution in [0.5, 0.6) is 0 Å². The number of para-hydroxylation sites is 2. The van der Waals surface area contributed by atoms with E-state index in [0.29, 0.717) is 34.6 Å². The van der Waals surface area contributed by atoms with E-state index in [1.807, 2.05) is 50.5 Å². The van der Waals surface area contributed by atoms with Crippen molar-refractivity contribution < 1.29 is 13.7 Å². The number of nitrogens with one attached hydrogen (secondary N) is 1. The van der Waals surface area contributed by atoms with Crippen LogP contribution in [0.3, 0.4) is 0 Å². The van der Waals surface area contributed by atoms with Crippen molar-refractivity contribution in [2.24, 2.45) is 0 Å². The molecule has 162 valence electrons. The lowest BCUT2D eigenvalue weighted by molar-refractivity contribution is 0.0954. The van der Waals surface area contributed by atoms with Crippen molar-refractivity contribution in [2.75, 3.05) is 6.54 Å². The van der Waals surface area contributed by atoms with Crippen molar-refractivity contribution >= 4 is 28.0 Å². The van der Waals surface area contributed by atoms with Crippen LogP contribution in [0.4, 0.5) is 0 Å². The van der Waals surface area contributed by atoms with Gasteiger partial charge in [0, 0.05) is 18.7 Å². The molecular weight excluding hydrogens is 406 g/mol. The molecule has 0 bridgehead atoms. The van der Waals surface area contributed by atoms with Crippen molar-refractivity contribution in [3.05, 3.63) is 65.5 Å². The van der Waals surface area contributed by atoms with Crippen LogP contribution in [-0.4, -0.2) is 32.1 Å². The van der Waals surface area contributed by atoms with Gasteiger partial charge in [-0.05, 0) is 51.5 Å². The fourth-order valence-corrected chi connectivity index (χ4v) is 4.03. The SMILES string of the molecule is Cc1cc(-c2cc(C(=O)NCCCn3cnc4ccccc43)c3c(C)noc3n2)c(C)o1. The number of hydrogen-bond acceptors (Lipinski definition) is 6. The maximum absolute atomic E-state index is 13.1. The van der Waals surface area contributed by atoms with Crippen LogP contribution in [-0.2, 0) is 6.54 Å². The molecule has 32 heavy (non-hydrogen) atoms. The van der Waals surface area contributed by atoms with Crippen LogP contribution < -0.4 is 5.32 Å². The van der Waals surface area contributed by atoms with Crippen LogP contribution in [0.25, 0.3) is 33.4 Å². The number of hydrogen-bond donors (Lipinski definition) is 1. The van der Waals surface area contributed by atoms with Crippen LogP contribution in [0, 0.1) is 20.8 Å². The lowest BCUT2D eigenvalue weighted by Gasteiger charge is -2.09. The van der Waals surface area contributed by atoms with Gasteiger partial charge in [0.1, 0.15) is 11.5 Å². The summed E-state index contributed by atoms with van der Waals surface area (Å²) in [5.74, 6) is 1.34. The number of carbonyl (C=O) groups is 1. The summed E-state index contributed by atoms with van der Waals surface area (Å²) in [6, 6.07) is 11.7. The number of carbonyl (C=O) groups excluding carboxylic acids is 1. The topological polar surface area (TPSA) is 99.0 Å². The molecule has 0 unspecified atom stereocenters. The number of pyridine rings is 1. The van der Waals surface area contributed by atoms with E-state index in [9.17, 15) is 4.79 Å². The number of benzene rings is 1. The van der Waals surface area contributed by atoms with E-state index in [1.54, 1.807) is 13.0 Å². The third-order valence-corrected chi connectivity index (χ3v) is 5.57. The lowest BCUT2D eigenvalue weighted by Crippen LogP contribution is -2.25. The summed E-state index contributed by atoms with van der Waals surface area (Å²) < 4.78 is 13.1. The first-order valence-electron chi connectivity index (χ1n) is 10.5. The van der Waals surface area contributed by atoms with Crippen LogP contribution in [0.2, 0.25) is 0 Å². The van der Waals surface area contributed by atoms with Gasteiger partial charge in [0.25, 0.3) is 11.6 Å². The molecule has 0 aliphatic heterocycles. The van der Waals surface area contributed by atoms with Gasteiger partial charge in [-0.25, -0.2) is 9.97 Å². The lowest BCUT2D eigenvalue weighted by atomic mass is 10.1. The molecule has 1 N–H and O–H groups in total. The number of furan rings is 1. The molecule has 5 rings (SSSR count). The Labute approximate surface area is 184 Å². The number of rotatable bonds is 6. The molecule has 4 aromatic heterocycles. The molecule has 0 atom stereocenters. The quantitative estimate of drug-likeness (QED) is 0.397. The second-order valence-electron chi connectivity index (χ2n) is 7.87. The summed E-state index contributed by atoms with van der Waals surface area (Å²) in [6.45, 7) is 6.85. The Morgan fingerprint density at radius 3 is 2.81 bits per heavy atom. The molecule has 0 saturated carbocycles. The molecule has 8 nitrogen and oxygen atoms in total. The van der Waals surface area contributed by atoms with Crippen molar-refractivity contribution in [2.45, 2.75) is 33.7 Å². The van der Waals surface area contributed by atoms with E-state index in [0.717, 1.165) is 41.1 Å². The molecule has 0 spiro atoms. The number of imidazole rings is 1. The standard InChI is InChI=1S/C24H23N5O3/c1-14-11-17(16(3)31-14)20-12-18(22-15(2)28-32-24(22)27-20)23(30)25-9-6-10-29-13-26-19-7-4-5-8-21(19)29/h4-5,7-8,11-13H,6,9-10H2,1-3H3,(H,25,30). The summed E-state index contributed by atoms with van der Waals surface area (Å²) in [6.07, 6.45) is 2.61. The summed E-state index contributed by atoms with van der Waals surface area (Å²) in [4.78, 5) is 22.1. The first-order chi connectivity index (χ1) is 15.5. The smallest absolute Gasteiger partial charge is 0.259 e. The molecule has 1 aromatic carbocycles. The van der Waals surface area contributed by atoms with E-state index in [4.69, 9.17) is 8.94 Å². The van der Waals surface area contributed by atoms with E-state index in [2.05, 4.69) is 25.0 Å². The van der Waals surface area contributed by atoms with Gasteiger partial charge in [0.2, 0.25) is 0 Å². The Bertz CT molecular complexity index is 1440. The average Bonchev–Trinajstić information content (AvgIpc) is 3.47. The van der Waals surface area contributed by atoms with Gasteiger partial charge in [-0.15, -0.1) is 0 Å². The van der Waals surface area contributed by atoms with Gasteiger partial charge in [-0.2, -0.15) is 0 Å². The minimum Gasteiger partial charge on any atom is -0.466 e. The molecule has 0 fully saturated rings. The van der Waals surface area contributed by atoms with Crippen LogP contribution in [0.15, 0.2) is 51.7 Å². The van der Waals surface area contributed by atoms with Gasteiger partial charge in [0.05, 0.1) is 39.7 Å². The highest BCUT2D eigenvalue weighted by Crippen LogP contribution is 2.30. The average molecular weight is 429 g/mol. The maximum atomic E-state index is 13.1. The van der Waals surface area contributed by atoms with Crippen LogP contribution >= 0.6 is 0 Å². The predicted octanol–water partition coefficient (Wildman–Crippen LogP) is 4.58. The maximum Gasteiger partial charge on any atom is 0.259 e.